The molecule has 4 heteroatoms. The van der Waals surface area contributed by atoms with E-state index in [2.05, 4.69) is 42.0 Å². The van der Waals surface area contributed by atoms with Gasteiger partial charge in [0.05, 0.1) is 0 Å². The zero-order chi connectivity index (χ0) is 14.4. The van der Waals surface area contributed by atoms with Crippen molar-refractivity contribution in [2.45, 2.75) is 57.4 Å². The van der Waals surface area contributed by atoms with E-state index in [1.165, 1.54) is 24.1 Å². The molecule has 0 aromatic carbocycles. The van der Waals surface area contributed by atoms with E-state index in [0.29, 0.717) is 19.0 Å². The lowest BCUT2D eigenvalue weighted by atomic mass is 9.91. The highest BCUT2D eigenvalue weighted by Gasteiger charge is 2.22. The molecule has 0 aliphatic carbocycles. The Balaban J connectivity index is 1.69. The van der Waals surface area contributed by atoms with Gasteiger partial charge in [0.1, 0.15) is 0 Å². The molecule has 1 aliphatic rings. The number of thiophene rings is 1. The summed E-state index contributed by atoms with van der Waals surface area (Å²) in [4.78, 5) is 13.3. The summed E-state index contributed by atoms with van der Waals surface area (Å²) < 4.78 is 0. The van der Waals surface area contributed by atoms with Crippen LogP contribution in [0.2, 0.25) is 0 Å². The summed E-state index contributed by atoms with van der Waals surface area (Å²) >= 11 is 1.76. The van der Waals surface area contributed by atoms with Gasteiger partial charge in [-0.2, -0.15) is 0 Å². The monoisotopic (exact) mass is 294 g/mol. The SMILES string of the molecule is CC(C)(CNC(=O)CCC1CCCCN1)c1cccs1. The molecular weight excluding hydrogens is 268 g/mol. The largest absolute Gasteiger partial charge is 0.355 e. The Kier molecular flexibility index (Phi) is 5.61. The van der Waals surface area contributed by atoms with Crippen LogP contribution in [0.4, 0.5) is 0 Å². The summed E-state index contributed by atoms with van der Waals surface area (Å²) in [5, 5.41) is 8.67. The Morgan fingerprint density at radius 3 is 3.00 bits per heavy atom. The number of carbonyl (C=O) groups is 1. The van der Waals surface area contributed by atoms with E-state index in [0.717, 1.165) is 13.0 Å². The van der Waals surface area contributed by atoms with Gasteiger partial charge in [-0.15, -0.1) is 11.3 Å². The number of hydrogen-bond donors (Lipinski definition) is 2. The van der Waals surface area contributed by atoms with Crippen LogP contribution in [0.3, 0.4) is 0 Å². The van der Waals surface area contributed by atoms with Crippen LogP contribution < -0.4 is 10.6 Å². The Hall–Kier alpha value is -0.870. The van der Waals surface area contributed by atoms with Gasteiger partial charge in [-0.1, -0.05) is 26.3 Å². The summed E-state index contributed by atoms with van der Waals surface area (Å²) in [6.07, 6.45) is 5.39. The van der Waals surface area contributed by atoms with Gasteiger partial charge in [-0.25, -0.2) is 0 Å². The van der Waals surface area contributed by atoms with Gasteiger partial charge in [0.2, 0.25) is 5.91 Å². The third kappa shape index (κ3) is 4.60. The predicted octanol–water partition coefficient (Wildman–Crippen LogP) is 3.06. The Bertz CT molecular complexity index is 408. The average Bonchev–Trinajstić information content (AvgIpc) is 2.99. The molecule has 0 bridgehead atoms. The molecule has 1 atom stereocenters. The zero-order valence-electron chi connectivity index (χ0n) is 12.6. The Labute approximate surface area is 126 Å². The Morgan fingerprint density at radius 2 is 2.35 bits per heavy atom. The van der Waals surface area contributed by atoms with Gasteiger partial charge in [0.25, 0.3) is 0 Å². The highest BCUT2D eigenvalue weighted by molar-refractivity contribution is 7.10. The van der Waals surface area contributed by atoms with Crippen LogP contribution >= 0.6 is 11.3 Å². The van der Waals surface area contributed by atoms with Crippen molar-refractivity contribution in [3.63, 3.8) is 0 Å². The van der Waals surface area contributed by atoms with Crippen LogP contribution in [0.15, 0.2) is 17.5 Å². The summed E-state index contributed by atoms with van der Waals surface area (Å²) in [6, 6.07) is 4.75. The van der Waals surface area contributed by atoms with Crippen LogP contribution in [-0.4, -0.2) is 25.0 Å². The molecule has 1 unspecified atom stereocenters. The van der Waals surface area contributed by atoms with E-state index in [1.807, 2.05) is 0 Å². The van der Waals surface area contributed by atoms with Gasteiger partial charge in [-0.3, -0.25) is 4.79 Å². The molecule has 112 valence electrons. The van der Waals surface area contributed by atoms with Crippen molar-refractivity contribution in [3.8, 4) is 0 Å². The second-order valence-corrected chi connectivity index (χ2v) is 7.27. The maximum atomic E-state index is 12.0. The first kappa shape index (κ1) is 15.5. The third-order valence-electron chi connectivity index (χ3n) is 4.05. The molecule has 0 radical (unpaired) electrons. The normalized spacial score (nSPS) is 19.8. The van der Waals surface area contributed by atoms with E-state index in [1.54, 1.807) is 11.3 Å². The van der Waals surface area contributed by atoms with Crippen LogP contribution in [0, 0.1) is 0 Å². The first-order valence-electron chi connectivity index (χ1n) is 7.62. The van der Waals surface area contributed by atoms with Crippen molar-refractivity contribution in [2.24, 2.45) is 0 Å². The smallest absolute Gasteiger partial charge is 0.220 e. The molecule has 0 spiro atoms. The van der Waals surface area contributed by atoms with Crippen molar-refractivity contribution >= 4 is 17.2 Å². The molecule has 2 heterocycles. The fourth-order valence-electron chi connectivity index (χ4n) is 2.63. The fraction of sp³-hybridized carbons (Fsp3) is 0.688. The van der Waals surface area contributed by atoms with Crippen molar-refractivity contribution < 1.29 is 4.79 Å². The minimum Gasteiger partial charge on any atom is -0.355 e. The van der Waals surface area contributed by atoms with Crippen LogP contribution in [-0.2, 0) is 10.2 Å². The zero-order valence-corrected chi connectivity index (χ0v) is 13.4. The second-order valence-electron chi connectivity index (χ2n) is 6.32. The third-order valence-corrected chi connectivity index (χ3v) is 5.28. The first-order valence-corrected chi connectivity index (χ1v) is 8.50. The molecule has 0 saturated carbocycles. The van der Waals surface area contributed by atoms with Gasteiger partial charge < -0.3 is 10.6 Å². The number of piperidine rings is 1. The highest BCUT2D eigenvalue weighted by atomic mass is 32.1. The molecule has 1 aromatic rings. The number of rotatable bonds is 6. The van der Waals surface area contributed by atoms with Gasteiger partial charge in [0.15, 0.2) is 0 Å². The number of carbonyl (C=O) groups excluding carboxylic acids is 1. The summed E-state index contributed by atoms with van der Waals surface area (Å²) in [5.41, 5.74) is 0.0207. The Morgan fingerprint density at radius 1 is 1.50 bits per heavy atom. The maximum absolute atomic E-state index is 12.0. The lowest BCUT2D eigenvalue weighted by Crippen LogP contribution is -2.38. The topological polar surface area (TPSA) is 41.1 Å². The summed E-state index contributed by atoms with van der Waals surface area (Å²) in [5.74, 6) is 0.182. The van der Waals surface area contributed by atoms with Gasteiger partial charge in [-0.05, 0) is 37.3 Å². The second kappa shape index (κ2) is 7.23. The number of hydrogen-bond acceptors (Lipinski definition) is 3. The molecule has 1 aromatic heterocycles. The minimum atomic E-state index is 0.0207. The van der Waals surface area contributed by atoms with Crippen molar-refractivity contribution in [1.29, 1.82) is 0 Å². The lowest BCUT2D eigenvalue weighted by Gasteiger charge is -2.25. The van der Waals surface area contributed by atoms with Crippen molar-refractivity contribution in [3.05, 3.63) is 22.4 Å². The van der Waals surface area contributed by atoms with Gasteiger partial charge in [0, 0.05) is 29.3 Å². The molecule has 2 rings (SSSR count). The standard InChI is InChI=1S/C16H26N2OS/c1-16(2,14-7-5-11-20-14)12-18-15(19)9-8-13-6-3-4-10-17-13/h5,7,11,13,17H,3-4,6,8-10,12H2,1-2H3,(H,18,19). The molecule has 20 heavy (non-hydrogen) atoms. The average molecular weight is 294 g/mol. The van der Waals surface area contributed by atoms with Crippen molar-refractivity contribution in [2.75, 3.05) is 13.1 Å². The first-order chi connectivity index (χ1) is 9.58. The molecule has 2 N–H and O–H groups in total. The predicted molar refractivity (Wildman–Crippen MR) is 85.2 cm³/mol. The van der Waals surface area contributed by atoms with E-state index in [-0.39, 0.29) is 11.3 Å². The highest BCUT2D eigenvalue weighted by Crippen LogP contribution is 2.26. The molecule has 1 fully saturated rings. The van der Waals surface area contributed by atoms with Crippen molar-refractivity contribution in [1.82, 2.24) is 10.6 Å². The summed E-state index contributed by atoms with van der Waals surface area (Å²) in [7, 11) is 0. The molecule has 1 amide bonds. The van der Waals surface area contributed by atoms with E-state index in [9.17, 15) is 4.79 Å². The molecule has 1 aliphatic heterocycles. The summed E-state index contributed by atoms with van der Waals surface area (Å²) in [6.45, 7) is 6.19. The van der Waals surface area contributed by atoms with Crippen LogP contribution in [0.1, 0.15) is 50.8 Å². The van der Waals surface area contributed by atoms with Crippen LogP contribution in [0.25, 0.3) is 0 Å². The number of amides is 1. The van der Waals surface area contributed by atoms with E-state index >= 15 is 0 Å². The van der Waals surface area contributed by atoms with Crippen LogP contribution in [0.5, 0.6) is 0 Å². The lowest BCUT2D eigenvalue weighted by molar-refractivity contribution is -0.121. The van der Waals surface area contributed by atoms with E-state index in [4.69, 9.17) is 0 Å². The number of nitrogens with one attached hydrogen (secondary N) is 2. The fourth-order valence-corrected chi connectivity index (χ4v) is 3.49. The minimum absolute atomic E-state index is 0.0207. The molecule has 1 saturated heterocycles. The quantitative estimate of drug-likeness (QED) is 0.846. The maximum Gasteiger partial charge on any atom is 0.220 e. The van der Waals surface area contributed by atoms with E-state index < -0.39 is 0 Å². The van der Waals surface area contributed by atoms with Gasteiger partial charge >= 0.3 is 0 Å². The molecular formula is C16H26N2OS. The molecule has 3 nitrogen and oxygen atoms in total.